The molecule has 8 nitrogen and oxygen atoms in total. The van der Waals surface area contributed by atoms with E-state index < -0.39 is 11.0 Å². The van der Waals surface area contributed by atoms with E-state index in [0.29, 0.717) is 5.75 Å². The molecule has 0 heterocycles. The summed E-state index contributed by atoms with van der Waals surface area (Å²) in [5.74, 6) is 0.715. The highest BCUT2D eigenvalue weighted by atomic mass is 127. The lowest BCUT2D eigenvalue weighted by atomic mass is 10.2. The lowest BCUT2D eigenvalue weighted by Gasteiger charge is -2.11. The van der Waals surface area contributed by atoms with Crippen LogP contribution in [-0.2, 0) is 6.61 Å². The fourth-order valence-electron chi connectivity index (χ4n) is 2.69. The Labute approximate surface area is 211 Å². The number of rotatable bonds is 7. The molecule has 3 aromatic carbocycles. The SMILES string of the molecule is Cc1ccccc1NC(=O)NN=Cc1cc(I)c(OCc2ccc([N+](=O)[O-])cc2)c(I)c1. The van der Waals surface area contributed by atoms with Crippen LogP contribution in [0.25, 0.3) is 0 Å². The van der Waals surface area contributed by atoms with Crippen molar-refractivity contribution in [3.05, 3.63) is 94.6 Å². The first kappa shape index (κ1) is 23.9. The molecule has 0 aliphatic carbocycles. The Morgan fingerprint density at radius 2 is 1.78 bits per heavy atom. The van der Waals surface area contributed by atoms with Gasteiger partial charge in [0.15, 0.2) is 0 Å². The second-order valence-electron chi connectivity index (χ2n) is 6.66. The van der Waals surface area contributed by atoms with Crippen molar-refractivity contribution >= 4 is 68.8 Å². The summed E-state index contributed by atoms with van der Waals surface area (Å²) >= 11 is 4.34. The van der Waals surface area contributed by atoms with Crippen LogP contribution in [0.4, 0.5) is 16.2 Å². The molecule has 0 aliphatic rings. The van der Waals surface area contributed by atoms with Gasteiger partial charge in [-0.3, -0.25) is 10.1 Å². The van der Waals surface area contributed by atoms with Crippen LogP contribution in [0.2, 0.25) is 0 Å². The van der Waals surface area contributed by atoms with Gasteiger partial charge in [-0.1, -0.05) is 18.2 Å². The highest BCUT2D eigenvalue weighted by Crippen LogP contribution is 2.29. The minimum absolute atomic E-state index is 0.0442. The molecule has 3 aromatic rings. The van der Waals surface area contributed by atoms with Crippen molar-refractivity contribution in [2.45, 2.75) is 13.5 Å². The maximum Gasteiger partial charge on any atom is 0.339 e. The number of hydrazone groups is 1. The topological polar surface area (TPSA) is 106 Å². The molecular formula is C22H18I2N4O4. The number of hydrogen-bond donors (Lipinski definition) is 2. The zero-order chi connectivity index (χ0) is 23.1. The van der Waals surface area contributed by atoms with Crippen LogP contribution in [0.15, 0.2) is 65.8 Å². The standard InChI is InChI=1S/C22H18I2N4O4/c1-14-4-2-3-5-20(14)26-22(29)27-25-12-16-10-18(23)21(19(24)11-16)32-13-15-6-8-17(9-7-15)28(30)31/h2-12H,13H2,1H3,(H2,26,27,29). The van der Waals surface area contributed by atoms with Gasteiger partial charge in [-0.15, -0.1) is 0 Å². The second-order valence-corrected chi connectivity index (χ2v) is 8.99. The van der Waals surface area contributed by atoms with Crippen LogP contribution in [0.5, 0.6) is 5.75 Å². The first-order valence-electron chi connectivity index (χ1n) is 9.34. The van der Waals surface area contributed by atoms with Gasteiger partial charge in [-0.25, -0.2) is 10.2 Å². The number of halogens is 2. The molecule has 0 unspecified atom stereocenters. The fourth-order valence-corrected chi connectivity index (χ4v) is 4.82. The van der Waals surface area contributed by atoms with E-state index in [4.69, 9.17) is 4.74 Å². The number of aryl methyl sites for hydroxylation is 1. The molecule has 2 N–H and O–H groups in total. The summed E-state index contributed by atoms with van der Waals surface area (Å²) in [7, 11) is 0. The average Bonchev–Trinajstić information content (AvgIpc) is 2.75. The van der Waals surface area contributed by atoms with Gasteiger partial charge >= 0.3 is 6.03 Å². The molecule has 0 saturated carbocycles. The van der Waals surface area contributed by atoms with Crippen LogP contribution in [0, 0.1) is 24.2 Å². The number of hydrogen-bond acceptors (Lipinski definition) is 5. The Kier molecular flexibility index (Phi) is 8.39. The molecule has 10 heteroatoms. The van der Waals surface area contributed by atoms with Gasteiger partial charge in [-0.2, -0.15) is 5.10 Å². The zero-order valence-electron chi connectivity index (χ0n) is 16.8. The molecule has 0 bridgehead atoms. The first-order valence-corrected chi connectivity index (χ1v) is 11.5. The van der Waals surface area contributed by atoms with Crippen molar-refractivity contribution in [2.75, 3.05) is 5.32 Å². The minimum atomic E-state index is -0.433. The molecule has 0 spiro atoms. The van der Waals surface area contributed by atoms with E-state index in [2.05, 4.69) is 61.0 Å². The van der Waals surface area contributed by atoms with Crippen molar-refractivity contribution in [3.63, 3.8) is 0 Å². The predicted octanol–water partition coefficient (Wildman–Crippen LogP) is 5.85. The Balaban J connectivity index is 1.59. The molecule has 0 atom stereocenters. The van der Waals surface area contributed by atoms with Crippen LogP contribution >= 0.6 is 45.2 Å². The molecule has 0 fully saturated rings. The Bertz CT molecular complexity index is 1140. The van der Waals surface area contributed by atoms with Crippen LogP contribution < -0.4 is 15.5 Å². The maximum absolute atomic E-state index is 12.0. The number of nitrogens with zero attached hydrogens (tertiary/aromatic N) is 2. The smallest absolute Gasteiger partial charge is 0.339 e. The molecule has 0 saturated heterocycles. The third kappa shape index (κ3) is 6.63. The van der Waals surface area contributed by atoms with E-state index >= 15 is 0 Å². The normalized spacial score (nSPS) is 10.7. The van der Waals surface area contributed by atoms with E-state index in [-0.39, 0.29) is 12.3 Å². The number of carbonyl (C=O) groups excluding carboxylic acids is 1. The molecular weight excluding hydrogens is 638 g/mol. The number of non-ortho nitro benzene ring substituents is 1. The molecule has 0 aromatic heterocycles. The molecule has 32 heavy (non-hydrogen) atoms. The molecule has 3 rings (SSSR count). The van der Waals surface area contributed by atoms with Gasteiger partial charge in [0.05, 0.1) is 18.3 Å². The summed E-state index contributed by atoms with van der Waals surface area (Å²) in [5.41, 5.74) is 5.81. The first-order chi connectivity index (χ1) is 15.3. The van der Waals surface area contributed by atoms with Gasteiger partial charge in [0.1, 0.15) is 12.4 Å². The van der Waals surface area contributed by atoms with E-state index in [0.717, 1.165) is 29.5 Å². The molecule has 0 aliphatic heterocycles. The number of benzene rings is 3. The third-order valence-electron chi connectivity index (χ3n) is 4.32. The number of ether oxygens (including phenoxy) is 1. The number of nitro benzene ring substituents is 1. The molecule has 0 radical (unpaired) electrons. The van der Waals surface area contributed by atoms with Gasteiger partial charge in [0.2, 0.25) is 0 Å². The Morgan fingerprint density at radius 1 is 1.12 bits per heavy atom. The Morgan fingerprint density at radius 3 is 2.41 bits per heavy atom. The Hall–Kier alpha value is -2.74. The van der Waals surface area contributed by atoms with E-state index in [9.17, 15) is 14.9 Å². The summed E-state index contributed by atoms with van der Waals surface area (Å²) in [6, 6.07) is 17.1. The number of nitrogens with one attached hydrogen (secondary N) is 2. The summed E-state index contributed by atoms with van der Waals surface area (Å²) < 4.78 is 7.67. The monoisotopic (exact) mass is 656 g/mol. The summed E-state index contributed by atoms with van der Waals surface area (Å²) in [6.07, 6.45) is 1.56. The van der Waals surface area contributed by atoms with Crippen molar-refractivity contribution in [3.8, 4) is 5.75 Å². The van der Waals surface area contributed by atoms with Gasteiger partial charge < -0.3 is 10.1 Å². The van der Waals surface area contributed by atoms with Crippen molar-refractivity contribution in [1.29, 1.82) is 0 Å². The van der Waals surface area contributed by atoms with Crippen molar-refractivity contribution in [2.24, 2.45) is 5.10 Å². The van der Waals surface area contributed by atoms with Crippen LogP contribution in [-0.4, -0.2) is 17.2 Å². The van der Waals surface area contributed by atoms with Crippen molar-refractivity contribution < 1.29 is 14.5 Å². The second kappa shape index (κ2) is 11.2. The number of nitro groups is 1. The lowest BCUT2D eigenvalue weighted by molar-refractivity contribution is -0.384. The number of anilines is 1. The van der Waals surface area contributed by atoms with Crippen molar-refractivity contribution in [1.82, 2.24) is 5.43 Å². The highest BCUT2D eigenvalue weighted by Gasteiger charge is 2.10. The van der Waals surface area contributed by atoms with Gasteiger partial charge in [0, 0.05) is 17.8 Å². The van der Waals surface area contributed by atoms with Crippen LogP contribution in [0.3, 0.4) is 0 Å². The van der Waals surface area contributed by atoms with E-state index in [1.165, 1.54) is 12.1 Å². The number of amides is 2. The van der Waals surface area contributed by atoms with E-state index in [1.807, 2.05) is 43.3 Å². The minimum Gasteiger partial charge on any atom is -0.487 e. The zero-order valence-corrected chi connectivity index (χ0v) is 21.2. The lowest BCUT2D eigenvalue weighted by Crippen LogP contribution is -2.24. The fraction of sp³-hybridized carbons (Fsp3) is 0.0909. The quantitative estimate of drug-likeness (QED) is 0.144. The van der Waals surface area contributed by atoms with Crippen LogP contribution in [0.1, 0.15) is 16.7 Å². The number of urea groups is 1. The summed E-state index contributed by atoms with van der Waals surface area (Å²) in [5, 5.41) is 17.5. The number of carbonyl (C=O) groups is 1. The van der Waals surface area contributed by atoms with Gasteiger partial charge in [-0.05, 0) is 99.1 Å². The summed E-state index contributed by atoms with van der Waals surface area (Å²) in [4.78, 5) is 22.3. The predicted molar refractivity (Wildman–Crippen MR) is 140 cm³/mol. The van der Waals surface area contributed by atoms with Gasteiger partial charge in [0.25, 0.3) is 5.69 Å². The maximum atomic E-state index is 12.0. The summed E-state index contributed by atoms with van der Waals surface area (Å²) in [6.45, 7) is 2.20. The van der Waals surface area contributed by atoms with E-state index in [1.54, 1.807) is 18.3 Å². The largest absolute Gasteiger partial charge is 0.487 e. The molecule has 2 amide bonds. The number of para-hydroxylation sites is 1. The molecule has 164 valence electrons. The highest BCUT2D eigenvalue weighted by molar-refractivity contribution is 14.1. The average molecular weight is 656 g/mol. The third-order valence-corrected chi connectivity index (χ3v) is 5.93.